The van der Waals surface area contributed by atoms with Gasteiger partial charge in [-0.15, -0.1) is 0 Å². The largest absolute Gasteiger partial charge is 0.380 e. The van der Waals surface area contributed by atoms with Crippen molar-refractivity contribution in [2.75, 3.05) is 11.9 Å². The summed E-state index contributed by atoms with van der Waals surface area (Å²) in [7, 11) is 0. The Bertz CT molecular complexity index is 639. The number of H-pyrrole nitrogens is 1. The number of hydrogen-bond donors (Lipinski definition) is 3. The van der Waals surface area contributed by atoms with Crippen molar-refractivity contribution < 1.29 is 9.72 Å². The first kappa shape index (κ1) is 14.5. The minimum Gasteiger partial charge on any atom is -0.380 e. The molecule has 1 amide bonds. The van der Waals surface area contributed by atoms with Gasteiger partial charge in [-0.2, -0.15) is 0 Å². The molecule has 0 bridgehead atoms. The van der Waals surface area contributed by atoms with Crippen molar-refractivity contribution in [1.29, 1.82) is 0 Å². The summed E-state index contributed by atoms with van der Waals surface area (Å²) in [5.41, 5.74) is 0.502. The van der Waals surface area contributed by atoms with E-state index in [4.69, 9.17) is 0 Å². The number of aromatic amines is 1. The summed E-state index contributed by atoms with van der Waals surface area (Å²) in [5, 5.41) is 16.6. The van der Waals surface area contributed by atoms with Crippen molar-refractivity contribution in [1.82, 2.24) is 15.3 Å². The van der Waals surface area contributed by atoms with Crippen LogP contribution in [-0.4, -0.2) is 27.3 Å². The van der Waals surface area contributed by atoms with Crippen LogP contribution >= 0.6 is 0 Å². The fourth-order valence-corrected chi connectivity index (χ4v) is 1.82. The van der Waals surface area contributed by atoms with Crippen LogP contribution in [0.3, 0.4) is 0 Å². The first-order valence-electron chi connectivity index (χ1n) is 6.40. The molecule has 3 N–H and O–H groups in total. The van der Waals surface area contributed by atoms with Crippen molar-refractivity contribution in [3.8, 4) is 0 Å². The molecule has 0 unspecified atom stereocenters. The lowest BCUT2D eigenvalue weighted by Crippen LogP contribution is -2.23. The summed E-state index contributed by atoms with van der Waals surface area (Å²) in [6.07, 6.45) is 3.23. The lowest BCUT2D eigenvalue weighted by molar-refractivity contribution is -0.384. The highest BCUT2D eigenvalue weighted by Crippen LogP contribution is 2.25. The average molecular weight is 289 g/mol. The molecular formula is C13H15N5O3. The van der Waals surface area contributed by atoms with Crippen LogP contribution in [0, 0.1) is 10.1 Å². The van der Waals surface area contributed by atoms with Crippen LogP contribution < -0.4 is 10.6 Å². The normalized spacial score (nSPS) is 10.1. The predicted molar refractivity (Wildman–Crippen MR) is 77.0 cm³/mol. The van der Waals surface area contributed by atoms with E-state index in [0.29, 0.717) is 18.1 Å². The molecule has 2 rings (SSSR count). The van der Waals surface area contributed by atoms with Gasteiger partial charge in [-0.3, -0.25) is 14.9 Å². The third-order valence-corrected chi connectivity index (χ3v) is 2.80. The number of carbonyl (C=O) groups is 1. The number of amides is 1. The molecule has 0 spiro atoms. The molecule has 0 atom stereocenters. The number of imidazole rings is 1. The monoisotopic (exact) mass is 289 g/mol. The van der Waals surface area contributed by atoms with Crippen LogP contribution in [0.2, 0.25) is 0 Å². The Morgan fingerprint density at radius 3 is 2.90 bits per heavy atom. The van der Waals surface area contributed by atoms with E-state index in [0.717, 1.165) is 0 Å². The Morgan fingerprint density at radius 2 is 2.29 bits per heavy atom. The molecule has 1 aromatic carbocycles. The van der Waals surface area contributed by atoms with Gasteiger partial charge in [0.05, 0.1) is 11.5 Å². The number of rotatable bonds is 6. The van der Waals surface area contributed by atoms with Crippen molar-refractivity contribution in [3.05, 3.63) is 52.1 Å². The standard InChI is InChI=1S/C13H15N5O3/c1-2-14-10-4-3-9(7-11(10)18(20)21)13(19)17-8-12-15-5-6-16-12/h3-7,14H,2,8H2,1H3,(H,15,16)(H,17,19). The first-order valence-corrected chi connectivity index (χ1v) is 6.40. The summed E-state index contributed by atoms with van der Waals surface area (Å²) >= 11 is 0. The van der Waals surface area contributed by atoms with Gasteiger partial charge in [-0.25, -0.2) is 4.98 Å². The molecule has 8 nitrogen and oxygen atoms in total. The Hall–Kier alpha value is -2.90. The fraction of sp³-hybridized carbons (Fsp3) is 0.231. The zero-order valence-electron chi connectivity index (χ0n) is 11.4. The molecule has 0 aliphatic heterocycles. The summed E-state index contributed by atoms with van der Waals surface area (Å²) in [4.78, 5) is 29.3. The Labute approximate surface area is 120 Å². The van der Waals surface area contributed by atoms with Gasteiger partial charge in [0.15, 0.2) is 0 Å². The number of carbonyl (C=O) groups excluding carboxylic acids is 1. The average Bonchev–Trinajstić information content (AvgIpc) is 2.98. The van der Waals surface area contributed by atoms with Crippen LogP contribution in [0.5, 0.6) is 0 Å². The number of benzene rings is 1. The van der Waals surface area contributed by atoms with Gasteiger partial charge >= 0.3 is 0 Å². The smallest absolute Gasteiger partial charge is 0.293 e. The molecule has 0 aliphatic carbocycles. The van der Waals surface area contributed by atoms with E-state index in [1.54, 1.807) is 18.5 Å². The van der Waals surface area contributed by atoms with Crippen LogP contribution in [-0.2, 0) is 6.54 Å². The van der Waals surface area contributed by atoms with Crippen molar-refractivity contribution in [2.45, 2.75) is 13.5 Å². The minimum atomic E-state index is -0.513. The molecule has 21 heavy (non-hydrogen) atoms. The lowest BCUT2D eigenvalue weighted by atomic mass is 10.1. The van der Waals surface area contributed by atoms with E-state index in [1.165, 1.54) is 12.1 Å². The Kier molecular flexibility index (Phi) is 4.50. The minimum absolute atomic E-state index is 0.123. The van der Waals surface area contributed by atoms with E-state index in [-0.39, 0.29) is 17.8 Å². The van der Waals surface area contributed by atoms with Gasteiger partial charge in [0.25, 0.3) is 11.6 Å². The maximum atomic E-state index is 12.0. The van der Waals surface area contributed by atoms with Crippen LogP contribution in [0.1, 0.15) is 23.1 Å². The topological polar surface area (TPSA) is 113 Å². The molecular weight excluding hydrogens is 274 g/mol. The molecule has 8 heteroatoms. The zero-order valence-corrected chi connectivity index (χ0v) is 11.4. The second-order valence-electron chi connectivity index (χ2n) is 4.24. The van der Waals surface area contributed by atoms with Crippen LogP contribution in [0.25, 0.3) is 0 Å². The van der Waals surface area contributed by atoms with E-state index < -0.39 is 10.8 Å². The van der Waals surface area contributed by atoms with Gasteiger partial charge in [0.2, 0.25) is 0 Å². The van der Waals surface area contributed by atoms with Crippen molar-refractivity contribution >= 4 is 17.3 Å². The highest BCUT2D eigenvalue weighted by molar-refractivity contribution is 5.95. The number of nitro benzene ring substituents is 1. The number of nitrogens with one attached hydrogen (secondary N) is 3. The molecule has 1 heterocycles. The number of nitro groups is 1. The molecule has 110 valence electrons. The maximum absolute atomic E-state index is 12.0. The Balaban J connectivity index is 2.13. The summed E-state index contributed by atoms with van der Waals surface area (Å²) < 4.78 is 0. The van der Waals surface area contributed by atoms with Crippen molar-refractivity contribution in [2.24, 2.45) is 0 Å². The van der Waals surface area contributed by atoms with Crippen molar-refractivity contribution in [3.63, 3.8) is 0 Å². The SMILES string of the molecule is CCNc1ccc(C(=O)NCc2ncc[nH]2)cc1[N+](=O)[O-]. The highest BCUT2D eigenvalue weighted by atomic mass is 16.6. The number of hydrogen-bond acceptors (Lipinski definition) is 5. The quantitative estimate of drug-likeness (QED) is 0.553. The van der Waals surface area contributed by atoms with Gasteiger partial charge in [-0.1, -0.05) is 0 Å². The van der Waals surface area contributed by atoms with Gasteiger partial charge in [-0.05, 0) is 19.1 Å². The van der Waals surface area contributed by atoms with Crippen LogP contribution in [0.15, 0.2) is 30.6 Å². The number of nitrogens with zero attached hydrogens (tertiary/aromatic N) is 2. The molecule has 0 aliphatic rings. The fourth-order valence-electron chi connectivity index (χ4n) is 1.82. The third kappa shape index (κ3) is 3.56. The summed E-state index contributed by atoms with van der Waals surface area (Å²) in [6.45, 7) is 2.63. The molecule has 0 radical (unpaired) electrons. The van der Waals surface area contributed by atoms with E-state index in [2.05, 4.69) is 20.6 Å². The summed E-state index contributed by atoms with van der Waals surface area (Å²) in [6, 6.07) is 4.33. The van der Waals surface area contributed by atoms with E-state index in [9.17, 15) is 14.9 Å². The lowest BCUT2D eigenvalue weighted by Gasteiger charge is -2.07. The second kappa shape index (κ2) is 6.51. The third-order valence-electron chi connectivity index (χ3n) is 2.80. The van der Waals surface area contributed by atoms with Gasteiger partial charge in [0, 0.05) is 30.6 Å². The zero-order chi connectivity index (χ0) is 15.2. The number of anilines is 1. The number of aromatic nitrogens is 2. The molecule has 0 saturated heterocycles. The van der Waals surface area contributed by atoms with E-state index in [1.807, 2.05) is 6.92 Å². The second-order valence-corrected chi connectivity index (χ2v) is 4.24. The first-order chi connectivity index (χ1) is 10.1. The molecule has 1 aromatic heterocycles. The highest BCUT2D eigenvalue weighted by Gasteiger charge is 2.17. The van der Waals surface area contributed by atoms with Crippen LogP contribution in [0.4, 0.5) is 11.4 Å². The molecule has 2 aromatic rings. The maximum Gasteiger partial charge on any atom is 0.293 e. The molecule has 0 fully saturated rings. The summed E-state index contributed by atoms with van der Waals surface area (Å²) in [5.74, 6) is 0.222. The van der Waals surface area contributed by atoms with Gasteiger partial charge < -0.3 is 15.6 Å². The van der Waals surface area contributed by atoms with Gasteiger partial charge in [0.1, 0.15) is 11.5 Å². The predicted octanol–water partition coefficient (Wildman–Crippen LogP) is 1.68. The molecule has 0 saturated carbocycles. The van der Waals surface area contributed by atoms with E-state index >= 15 is 0 Å². The Morgan fingerprint density at radius 1 is 1.48 bits per heavy atom.